The summed E-state index contributed by atoms with van der Waals surface area (Å²) < 4.78 is 3.23. The predicted octanol–water partition coefficient (Wildman–Crippen LogP) is 4.11. The van der Waals surface area contributed by atoms with Gasteiger partial charge in [0.2, 0.25) is 3.79 Å². The Balaban J connectivity index is 2.04. The number of methoxy groups -OCH3 is 1. The molecule has 0 fully saturated rings. The Bertz CT molecular complexity index is 752. The van der Waals surface area contributed by atoms with Crippen LogP contribution < -0.4 is 20.7 Å². The van der Waals surface area contributed by atoms with E-state index in [1.165, 1.54) is 0 Å². The number of carbonyl (C=O) groups excluding carboxylic acids is 1. The van der Waals surface area contributed by atoms with E-state index in [9.17, 15) is 4.79 Å². The minimum absolute atomic E-state index is 0.197. The summed E-state index contributed by atoms with van der Waals surface area (Å²) in [4.78, 5) is 12.4. The fourth-order valence-corrected chi connectivity index (χ4v) is 2.54. The number of ether oxygens (including phenoxy) is 1. The Morgan fingerprint density at radius 3 is 2.19 bits per heavy atom. The van der Waals surface area contributed by atoms with Gasteiger partial charge in [0.05, 0.1) is 7.11 Å². The summed E-state index contributed by atoms with van der Waals surface area (Å²) in [6.45, 7) is 0. The van der Waals surface area contributed by atoms with E-state index in [0.29, 0.717) is 11.3 Å². The minimum atomic E-state index is -1.83. The van der Waals surface area contributed by atoms with Crippen LogP contribution in [0.1, 0.15) is 10.4 Å². The molecular weight excluding hydrogens is 417 g/mol. The summed E-state index contributed by atoms with van der Waals surface area (Å²) in [7, 11) is 1.54. The molecule has 0 radical (unpaired) electrons. The second kappa shape index (κ2) is 9.28. The highest BCUT2D eigenvalue weighted by Gasteiger charge is 2.34. The number of thiocarbonyl (C=S) groups is 1. The second-order valence-electron chi connectivity index (χ2n) is 5.14. The molecule has 0 aromatic heterocycles. The zero-order valence-corrected chi connectivity index (χ0v) is 16.7. The first-order valence-electron chi connectivity index (χ1n) is 7.44. The average Bonchev–Trinajstić information content (AvgIpc) is 2.61. The molecule has 26 heavy (non-hydrogen) atoms. The van der Waals surface area contributed by atoms with Crippen LogP contribution in [0.15, 0.2) is 54.6 Å². The van der Waals surface area contributed by atoms with Crippen LogP contribution in [0.4, 0.5) is 5.69 Å². The number of anilines is 1. The van der Waals surface area contributed by atoms with Crippen LogP contribution in [0.2, 0.25) is 0 Å². The number of halogens is 3. The molecule has 0 bridgehead atoms. The number of rotatable bonds is 5. The number of amides is 1. The van der Waals surface area contributed by atoms with Gasteiger partial charge in [-0.25, -0.2) is 0 Å². The van der Waals surface area contributed by atoms with Gasteiger partial charge < -0.3 is 20.7 Å². The van der Waals surface area contributed by atoms with Crippen molar-refractivity contribution in [3.05, 3.63) is 60.2 Å². The maximum Gasteiger partial charge on any atom is 0.252 e. The summed E-state index contributed by atoms with van der Waals surface area (Å²) >= 11 is 23.1. The van der Waals surface area contributed by atoms with Gasteiger partial charge in [-0.15, -0.1) is 0 Å². The standard InChI is InChI=1S/C17H16Cl3N3O2S/c1-25-13-9-7-11(8-10-13)14(24)22-15(17(18,19)20)23-16(26)21-12-5-3-2-4-6-12/h2-10,15H,1H3,(H,22,24)(H2,21,23,26)/t15-/m0/s1. The number of hydrogen-bond acceptors (Lipinski definition) is 3. The Kier molecular flexibility index (Phi) is 7.34. The fraction of sp³-hybridized carbons (Fsp3) is 0.176. The molecule has 1 atom stereocenters. The maximum atomic E-state index is 12.4. The molecule has 3 N–H and O–H groups in total. The first-order chi connectivity index (χ1) is 12.3. The van der Waals surface area contributed by atoms with Crippen LogP contribution >= 0.6 is 47.0 Å². The summed E-state index contributed by atoms with van der Waals surface area (Å²) in [6, 6.07) is 15.8. The van der Waals surface area contributed by atoms with Crippen molar-refractivity contribution in [3.63, 3.8) is 0 Å². The molecule has 0 aliphatic rings. The van der Waals surface area contributed by atoms with E-state index in [-0.39, 0.29) is 5.11 Å². The molecule has 0 spiro atoms. The average molecular weight is 433 g/mol. The van der Waals surface area contributed by atoms with Crippen LogP contribution in [0.25, 0.3) is 0 Å². The Labute approximate surface area is 172 Å². The molecule has 138 valence electrons. The van der Waals surface area contributed by atoms with E-state index in [2.05, 4.69) is 16.0 Å². The lowest BCUT2D eigenvalue weighted by Gasteiger charge is -2.27. The van der Waals surface area contributed by atoms with Gasteiger partial charge in [0.25, 0.3) is 5.91 Å². The summed E-state index contributed by atoms with van der Waals surface area (Å²) in [6.07, 6.45) is -1.05. The van der Waals surface area contributed by atoms with Gasteiger partial charge >= 0.3 is 0 Å². The molecule has 0 unspecified atom stereocenters. The van der Waals surface area contributed by atoms with E-state index < -0.39 is 15.9 Å². The number of para-hydroxylation sites is 1. The first-order valence-corrected chi connectivity index (χ1v) is 8.98. The molecule has 2 aromatic rings. The van der Waals surface area contributed by atoms with Gasteiger partial charge in [0, 0.05) is 11.3 Å². The van der Waals surface area contributed by atoms with Crippen LogP contribution in [-0.4, -0.2) is 28.1 Å². The molecule has 5 nitrogen and oxygen atoms in total. The van der Waals surface area contributed by atoms with Gasteiger partial charge in [-0.3, -0.25) is 4.79 Å². The SMILES string of the molecule is COc1ccc(C(=O)N[C@@H](NC(=S)Nc2ccccc2)C(Cl)(Cl)Cl)cc1. The third kappa shape index (κ3) is 6.21. The summed E-state index contributed by atoms with van der Waals surface area (Å²) in [5, 5.41) is 8.56. The monoisotopic (exact) mass is 431 g/mol. The van der Waals surface area contributed by atoms with Gasteiger partial charge in [0.1, 0.15) is 11.9 Å². The zero-order valence-electron chi connectivity index (χ0n) is 13.6. The fourth-order valence-electron chi connectivity index (χ4n) is 1.98. The number of nitrogens with one attached hydrogen (secondary N) is 3. The van der Waals surface area contributed by atoms with Gasteiger partial charge in [-0.05, 0) is 48.6 Å². The van der Waals surface area contributed by atoms with Crippen LogP contribution in [-0.2, 0) is 0 Å². The van der Waals surface area contributed by atoms with Crippen molar-refractivity contribution in [1.82, 2.24) is 10.6 Å². The molecule has 0 saturated carbocycles. The van der Waals surface area contributed by atoms with E-state index in [4.69, 9.17) is 51.8 Å². The minimum Gasteiger partial charge on any atom is -0.497 e. The van der Waals surface area contributed by atoms with E-state index in [1.54, 1.807) is 31.4 Å². The van der Waals surface area contributed by atoms with Crippen molar-refractivity contribution >= 4 is 63.7 Å². The highest BCUT2D eigenvalue weighted by atomic mass is 35.6. The highest BCUT2D eigenvalue weighted by Crippen LogP contribution is 2.29. The molecule has 9 heteroatoms. The van der Waals surface area contributed by atoms with E-state index in [0.717, 1.165) is 5.69 Å². The Morgan fingerprint density at radius 2 is 1.65 bits per heavy atom. The smallest absolute Gasteiger partial charge is 0.252 e. The molecule has 0 aliphatic heterocycles. The zero-order chi connectivity index (χ0) is 19.2. The molecule has 0 saturated heterocycles. The lowest BCUT2D eigenvalue weighted by Crippen LogP contribution is -2.56. The van der Waals surface area contributed by atoms with Crippen LogP contribution in [0.5, 0.6) is 5.75 Å². The van der Waals surface area contributed by atoms with Crippen LogP contribution in [0.3, 0.4) is 0 Å². The van der Waals surface area contributed by atoms with Gasteiger partial charge in [0.15, 0.2) is 5.11 Å². The highest BCUT2D eigenvalue weighted by molar-refractivity contribution is 7.80. The largest absolute Gasteiger partial charge is 0.497 e. The van der Waals surface area contributed by atoms with Gasteiger partial charge in [-0.2, -0.15) is 0 Å². The molecule has 2 rings (SSSR count). The van der Waals surface area contributed by atoms with Crippen molar-refractivity contribution in [3.8, 4) is 5.75 Å². The first kappa shape index (κ1) is 20.6. The molecule has 0 aliphatic carbocycles. The number of alkyl halides is 3. The van der Waals surface area contributed by atoms with Crippen molar-refractivity contribution in [1.29, 1.82) is 0 Å². The lowest BCUT2D eigenvalue weighted by atomic mass is 10.2. The molecule has 0 heterocycles. The molecule has 1 amide bonds. The normalized spacial score (nSPS) is 12.0. The molecular formula is C17H16Cl3N3O2S. The Hall–Kier alpha value is -1.73. The third-order valence-electron chi connectivity index (χ3n) is 3.26. The van der Waals surface area contributed by atoms with Crippen LogP contribution in [0, 0.1) is 0 Å². The van der Waals surface area contributed by atoms with Crippen molar-refractivity contribution in [2.75, 3.05) is 12.4 Å². The summed E-state index contributed by atoms with van der Waals surface area (Å²) in [5.74, 6) is 0.199. The topological polar surface area (TPSA) is 62.4 Å². The number of hydrogen-bond donors (Lipinski definition) is 3. The molecule has 2 aromatic carbocycles. The number of benzene rings is 2. The van der Waals surface area contributed by atoms with Crippen molar-refractivity contribution in [2.45, 2.75) is 9.96 Å². The Morgan fingerprint density at radius 1 is 1.04 bits per heavy atom. The van der Waals surface area contributed by atoms with E-state index >= 15 is 0 Å². The number of carbonyl (C=O) groups is 1. The van der Waals surface area contributed by atoms with Crippen molar-refractivity contribution in [2.24, 2.45) is 0 Å². The van der Waals surface area contributed by atoms with Crippen molar-refractivity contribution < 1.29 is 9.53 Å². The predicted molar refractivity (Wildman–Crippen MR) is 110 cm³/mol. The maximum absolute atomic E-state index is 12.4. The second-order valence-corrected chi connectivity index (χ2v) is 7.92. The van der Waals surface area contributed by atoms with E-state index in [1.807, 2.05) is 30.3 Å². The van der Waals surface area contributed by atoms with Gasteiger partial charge in [-0.1, -0.05) is 53.0 Å². The lowest BCUT2D eigenvalue weighted by molar-refractivity contribution is 0.0934. The quantitative estimate of drug-likeness (QED) is 0.377. The third-order valence-corrected chi connectivity index (χ3v) is 4.14. The summed E-state index contributed by atoms with van der Waals surface area (Å²) in [5.41, 5.74) is 1.14.